The second-order valence-electron chi connectivity index (χ2n) is 3.18. The van der Waals surface area contributed by atoms with Crippen molar-refractivity contribution in [3.63, 3.8) is 0 Å². The first-order chi connectivity index (χ1) is 6.15. The number of anilines is 1. The second-order valence-corrected chi connectivity index (χ2v) is 4.03. The minimum Gasteiger partial charge on any atom is -0.398 e. The number of benzene rings is 1. The largest absolute Gasteiger partial charge is 0.398 e. The molecule has 0 amide bonds. The fourth-order valence-electron chi connectivity index (χ4n) is 1.25. The molecular formula is C10H15BrN2. The Morgan fingerprint density at radius 1 is 1.46 bits per heavy atom. The maximum Gasteiger partial charge on any atom is 0.0458 e. The molecule has 0 aliphatic heterocycles. The lowest BCUT2D eigenvalue weighted by Crippen LogP contribution is -2.09. The maximum absolute atomic E-state index is 5.96. The van der Waals surface area contributed by atoms with Gasteiger partial charge in [-0.15, -0.1) is 0 Å². The summed E-state index contributed by atoms with van der Waals surface area (Å²) in [6, 6.07) is 5.99. The highest BCUT2D eigenvalue weighted by atomic mass is 79.9. The van der Waals surface area contributed by atoms with Gasteiger partial charge in [0.15, 0.2) is 0 Å². The Labute approximate surface area is 87.4 Å². The summed E-state index contributed by atoms with van der Waals surface area (Å²) in [6.45, 7) is 2.13. The van der Waals surface area contributed by atoms with Gasteiger partial charge in [0.1, 0.15) is 0 Å². The summed E-state index contributed by atoms with van der Waals surface area (Å²) >= 11 is 3.38. The van der Waals surface area contributed by atoms with Crippen molar-refractivity contribution in [3.05, 3.63) is 28.2 Å². The molecule has 13 heavy (non-hydrogen) atoms. The molecule has 1 aromatic carbocycles. The summed E-state index contributed by atoms with van der Waals surface area (Å²) in [5, 5.41) is 0. The molecule has 0 fully saturated rings. The summed E-state index contributed by atoms with van der Waals surface area (Å²) in [6.07, 6.45) is 2.11. The van der Waals surface area contributed by atoms with E-state index in [9.17, 15) is 0 Å². The molecule has 1 atom stereocenters. The van der Waals surface area contributed by atoms with E-state index in [1.165, 1.54) is 0 Å². The number of hydrogen-bond acceptors (Lipinski definition) is 2. The smallest absolute Gasteiger partial charge is 0.0458 e. The average molecular weight is 243 g/mol. The Bertz CT molecular complexity index is 286. The number of halogens is 1. The lowest BCUT2D eigenvalue weighted by molar-refractivity contribution is 0.638. The second kappa shape index (κ2) is 4.63. The third-order valence-electron chi connectivity index (χ3n) is 2.05. The van der Waals surface area contributed by atoms with Crippen LogP contribution in [0.5, 0.6) is 0 Å². The Balaban J connectivity index is 2.84. The van der Waals surface area contributed by atoms with Crippen LogP contribution in [0.2, 0.25) is 0 Å². The highest BCUT2D eigenvalue weighted by molar-refractivity contribution is 9.10. The normalized spacial score (nSPS) is 12.8. The first-order valence-corrected chi connectivity index (χ1v) is 5.25. The predicted molar refractivity (Wildman–Crippen MR) is 60.4 cm³/mol. The third kappa shape index (κ3) is 2.71. The summed E-state index contributed by atoms with van der Waals surface area (Å²) in [5.41, 5.74) is 13.5. The van der Waals surface area contributed by atoms with E-state index in [-0.39, 0.29) is 6.04 Å². The van der Waals surface area contributed by atoms with Gasteiger partial charge in [0.05, 0.1) is 0 Å². The Kier molecular flexibility index (Phi) is 3.75. The Morgan fingerprint density at radius 3 is 2.69 bits per heavy atom. The fraction of sp³-hybridized carbons (Fsp3) is 0.400. The van der Waals surface area contributed by atoms with Crippen LogP contribution >= 0.6 is 15.9 Å². The zero-order valence-corrected chi connectivity index (χ0v) is 9.34. The van der Waals surface area contributed by atoms with Gasteiger partial charge in [0, 0.05) is 16.2 Å². The average Bonchev–Trinajstić information content (AvgIpc) is 2.10. The van der Waals surface area contributed by atoms with Crippen molar-refractivity contribution < 1.29 is 0 Å². The van der Waals surface area contributed by atoms with Crippen molar-refractivity contribution in [1.82, 2.24) is 0 Å². The Morgan fingerprint density at radius 2 is 2.15 bits per heavy atom. The summed E-state index contributed by atoms with van der Waals surface area (Å²) in [7, 11) is 0. The first-order valence-electron chi connectivity index (χ1n) is 4.45. The lowest BCUT2D eigenvalue weighted by atomic mass is 10.0. The first kappa shape index (κ1) is 10.5. The standard InChI is InChI=1S/C10H15BrN2/c1-2-3-9(12)7-4-5-10(13)8(11)6-7/h4-6,9H,2-3,12-13H2,1H3/t9-/m0/s1. The molecule has 0 saturated heterocycles. The van der Waals surface area contributed by atoms with Gasteiger partial charge < -0.3 is 11.5 Å². The molecule has 0 bridgehead atoms. The zero-order chi connectivity index (χ0) is 9.84. The molecule has 72 valence electrons. The summed E-state index contributed by atoms with van der Waals surface area (Å²) < 4.78 is 0.927. The van der Waals surface area contributed by atoms with E-state index in [0.29, 0.717) is 0 Å². The van der Waals surface area contributed by atoms with E-state index in [1.54, 1.807) is 0 Å². The SMILES string of the molecule is CCC[C@H](N)c1ccc(N)c(Br)c1. The van der Waals surface area contributed by atoms with Gasteiger partial charge in [-0.2, -0.15) is 0 Å². The van der Waals surface area contributed by atoms with E-state index in [2.05, 4.69) is 22.9 Å². The van der Waals surface area contributed by atoms with Crippen LogP contribution in [0.25, 0.3) is 0 Å². The molecule has 0 aromatic heterocycles. The van der Waals surface area contributed by atoms with E-state index >= 15 is 0 Å². The molecule has 0 saturated carbocycles. The lowest BCUT2D eigenvalue weighted by Gasteiger charge is -2.11. The molecule has 4 N–H and O–H groups in total. The van der Waals surface area contributed by atoms with Crippen LogP contribution in [0.1, 0.15) is 31.4 Å². The molecule has 0 radical (unpaired) electrons. The van der Waals surface area contributed by atoms with E-state index in [1.807, 2.05) is 18.2 Å². The third-order valence-corrected chi connectivity index (χ3v) is 2.74. The summed E-state index contributed by atoms with van der Waals surface area (Å²) in [4.78, 5) is 0. The van der Waals surface area contributed by atoms with Crippen LogP contribution in [-0.2, 0) is 0 Å². The van der Waals surface area contributed by atoms with Gasteiger partial charge in [0.25, 0.3) is 0 Å². The molecule has 2 nitrogen and oxygen atoms in total. The van der Waals surface area contributed by atoms with Crippen molar-refractivity contribution in [1.29, 1.82) is 0 Å². The molecule has 0 aliphatic rings. The number of nitrogen functional groups attached to an aromatic ring is 1. The molecular weight excluding hydrogens is 228 g/mol. The number of hydrogen-bond donors (Lipinski definition) is 2. The highest BCUT2D eigenvalue weighted by Crippen LogP contribution is 2.24. The van der Waals surface area contributed by atoms with Crippen LogP contribution in [0, 0.1) is 0 Å². The van der Waals surface area contributed by atoms with E-state index < -0.39 is 0 Å². The highest BCUT2D eigenvalue weighted by Gasteiger charge is 2.05. The van der Waals surface area contributed by atoms with Crippen molar-refractivity contribution in [2.24, 2.45) is 5.73 Å². The number of rotatable bonds is 3. The van der Waals surface area contributed by atoms with Crippen LogP contribution in [0.4, 0.5) is 5.69 Å². The topological polar surface area (TPSA) is 52.0 Å². The minimum absolute atomic E-state index is 0.127. The summed E-state index contributed by atoms with van der Waals surface area (Å²) in [5.74, 6) is 0. The van der Waals surface area contributed by atoms with Crippen LogP contribution in [-0.4, -0.2) is 0 Å². The molecule has 3 heteroatoms. The molecule has 0 heterocycles. The van der Waals surface area contributed by atoms with Crippen LogP contribution in [0.3, 0.4) is 0 Å². The van der Waals surface area contributed by atoms with Gasteiger partial charge in [-0.25, -0.2) is 0 Å². The molecule has 1 rings (SSSR count). The molecule has 0 spiro atoms. The van der Waals surface area contributed by atoms with Gasteiger partial charge in [-0.1, -0.05) is 19.4 Å². The van der Waals surface area contributed by atoms with E-state index in [4.69, 9.17) is 11.5 Å². The molecule has 0 aliphatic carbocycles. The van der Waals surface area contributed by atoms with Crippen LogP contribution in [0.15, 0.2) is 22.7 Å². The van der Waals surface area contributed by atoms with Crippen molar-refractivity contribution >= 4 is 21.6 Å². The van der Waals surface area contributed by atoms with Gasteiger partial charge in [-0.3, -0.25) is 0 Å². The zero-order valence-electron chi connectivity index (χ0n) is 7.76. The van der Waals surface area contributed by atoms with Gasteiger partial charge in [-0.05, 0) is 40.0 Å². The monoisotopic (exact) mass is 242 g/mol. The van der Waals surface area contributed by atoms with Crippen molar-refractivity contribution in [2.75, 3.05) is 5.73 Å². The maximum atomic E-state index is 5.96. The Hall–Kier alpha value is -0.540. The van der Waals surface area contributed by atoms with Gasteiger partial charge >= 0.3 is 0 Å². The molecule has 0 unspecified atom stereocenters. The fourth-order valence-corrected chi connectivity index (χ4v) is 1.65. The van der Waals surface area contributed by atoms with Crippen molar-refractivity contribution in [2.45, 2.75) is 25.8 Å². The van der Waals surface area contributed by atoms with E-state index in [0.717, 1.165) is 28.6 Å². The quantitative estimate of drug-likeness (QED) is 0.802. The van der Waals surface area contributed by atoms with Crippen molar-refractivity contribution in [3.8, 4) is 0 Å². The molecule has 1 aromatic rings. The van der Waals surface area contributed by atoms with Gasteiger partial charge in [0.2, 0.25) is 0 Å². The predicted octanol–water partition coefficient (Wildman–Crippen LogP) is 2.83. The number of nitrogens with two attached hydrogens (primary N) is 2. The van der Waals surface area contributed by atoms with Crippen LogP contribution < -0.4 is 11.5 Å². The minimum atomic E-state index is 0.127.